The van der Waals surface area contributed by atoms with Crippen LogP contribution in [0.4, 0.5) is 0 Å². The number of carbonyl (C=O) groups is 1. The summed E-state index contributed by atoms with van der Waals surface area (Å²) in [4.78, 5) is 14.0. The zero-order chi connectivity index (χ0) is 12.4. The molecule has 0 aliphatic heterocycles. The Bertz CT molecular complexity index is 435. The lowest BCUT2D eigenvalue weighted by Crippen LogP contribution is -2.33. The van der Waals surface area contributed by atoms with E-state index in [1.807, 2.05) is 6.92 Å². The minimum Gasteiger partial charge on any atom is -0.339 e. The Morgan fingerprint density at radius 2 is 2.18 bits per heavy atom. The van der Waals surface area contributed by atoms with Crippen LogP contribution >= 0.6 is 23.2 Å². The van der Waals surface area contributed by atoms with Crippen LogP contribution in [0.25, 0.3) is 0 Å². The van der Waals surface area contributed by atoms with E-state index in [0.717, 1.165) is 6.54 Å². The predicted molar refractivity (Wildman–Crippen MR) is 66.4 cm³/mol. The van der Waals surface area contributed by atoms with Crippen LogP contribution in [0.5, 0.6) is 0 Å². The summed E-state index contributed by atoms with van der Waals surface area (Å²) >= 11 is 11.6. The molecule has 1 aromatic rings. The maximum Gasteiger partial charge on any atom is 0.257 e. The lowest BCUT2D eigenvalue weighted by atomic mass is 10.2. The van der Waals surface area contributed by atoms with Gasteiger partial charge in [0, 0.05) is 13.1 Å². The zero-order valence-electron chi connectivity index (χ0n) is 9.49. The topological polar surface area (TPSA) is 46.1 Å². The third-order valence-electron chi connectivity index (χ3n) is 2.79. The van der Waals surface area contributed by atoms with Crippen LogP contribution in [0.1, 0.15) is 30.1 Å². The molecule has 1 aliphatic rings. The minimum absolute atomic E-state index is 0.105. The molecule has 2 rings (SSSR count). The van der Waals surface area contributed by atoms with Crippen molar-refractivity contribution in [2.24, 2.45) is 5.92 Å². The third kappa shape index (κ3) is 3.07. The Kier molecular flexibility index (Phi) is 3.84. The SMILES string of the molecule is CCN(CC1CC1)C(=O)c1cc(Cl)nnc1Cl. The first-order valence-electron chi connectivity index (χ1n) is 5.59. The number of hydrogen-bond donors (Lipinski definition) is 0. The standard InChI is InChI=1S/C11H13Cl2N3O/c1-2-16(6-7-3-4-7)11(17)8-5-9(12)14-15-10(8)13/h5,7H,2-4,6H2,1H3. The van der Waals surface area contributed by atoms with E-state index in [4.69, 9.17) is 23.2 Å². The first kappa shape index (κ1) is 12.6. The molecular formula is C11H13Cl2N3O. The molecule has 0 radical (unpaired) electrons. The van der Waals surface area contributed by atoms with E-state index in [9.17, 15) is 4.79 Å². The van der Waals surface area contributed by atoms with Gasteiger partial charge < -0.3 is 4.90 Å². The summed E-state index contributed by atoms with van der Waals surface area (Å²) in [5.74, 6) is 0.518. The molecule has 0 bridgehead atoms. The lowest BCUT2D eigenvalue weighted by molar-refractivity contribution is 0.0756. The number of halogens is 2. The van der Waals surface area contributed by atoms with Crippen LogP contribution in [0.2, 0.25) is 10.3 Å². The van der Waals surface area contributed by atoms with E-state index in [1.54, 1.807) is 4.90 Å². The predicted octanol–water partition coefficient (Wildman–Crippen LogP) is 2.66. The minimum atomic E-state index is -0.124. The number of nitrogens with zero attached hydrogens (tertiary/aromatic N) is 3. The molecule has 1 fully saturated rings. The molecule has 1 heterocycles. The monoisotopic (exact) mass is 273 g/mol. The highest BCUT2D eigenvalue weighted by molar-refractivity contribution is 6.34. The summed E-state index contributed by atoms with van der Waals surface area (Å²) in [6.45, 7) is 3.39. The molecule has 0 saturated heterocycles. The second-order valence-corrected chi connectivity index (χ2v) is 4.90. The Morgan fingerprint density at radius 3 is 2.76 bits per heavy atom. The highest BCUT2D eigenvalue weighted by Gasteiger charge is 2.27. The van der Waals surface area contributed by atoms with Gasteiger partial charge in [-0.25, -0.2) is 0 Å². The van der Waals surface area contributed by atoms with Gasteiger partial charge in [-0.1, -0.05) is 23.2 Å². The summed E-state index contributed by atoms with van der Waals surface area (Å²) in [5, 5.41) is 7.53. The van der Waals surface area contributed by atoms with Crippen LogP contribution in [0.15, 0.2) is 6.07 Å². The summed E-state index contributed by atoms with van der Waals surface area (Å²) in [5.41, 5.74) is 0.328. The van der Waals surface area contributed by atoms with E-state index in [0.29, 0.717) is 18.0 Å². The van der Waals surface area contributed by atoms with Crippen molar-refractivity contribution in [1.82, 2.24) is 15.1 Å². The fourth-order valence-corrected chi connectivity index (χ4v) is 1.96. The second-order valence-electron chi connectivity index (χ2n) is 4.16. The van der Waals surface area contributed by atoms with Gasteiger partial charge in [0.15, 0.2) is 10.3 Å². The molecular weight excluding hydrogens is 261 g/mol. The molecule has 1 saturated carbocycles. The fourth-order valence-electron chi connectivity index (χ4n) is 1.64. The van der Waals surface area contributed by atoms with Crippen LogP contribution in [0.3, 0.4) is 0 Å². The van der Waals surface area contributed by atoms with Crippen molar-refractivity contribution in [1.29, 1.82) is 0 Å². The molecule has 4 nitrogen and oxygen atoms in total. The molecule has 0 atom stereocenters. The van der Waals surface area contributed by atoms with Crippen molar-refractivity contribution in [3.8, 4) is 0 Å². The number of hydrogen-bond acceptors (Lipinski definition) is 3. The summed E-state index contributed by atoms with van der Waals surface area (Å²) in [6.07, 6.45) is 2.40. The summed E-state index contributed by atoms with van der Waals surface area (Å²) in [7, 11) is 0. The molecule has 0 aromatic carbocycles. The van der Waals surface area contributed by atoms with Crippen molar-refractivity contribution in [3.63, 3.8) is 0 Å². The van der Waals surface area contributed by atoms with Gasteiger partial charge in [-0.05, 0) is 31.7 Å². The van der Waals surface area contributed by atoms with Crippen molar-refractivity contribution >= 4 is 29.1 Å². The molecule has 1 aromatic heterocycles. The molecule has 6 heteroatoms. The third-order valence-corrected chi connectivity index (χ3v) is 3.26. The van der Waals surface area contributed by atoms with Gasteiger partial charge in [0.1, 0.15) is 0 Å². The van der Waals surface area contributed by atoms with E-state index in [2.05, 4.69) is 10.2 Å². The van der Waals surface area contributed by atoms with E-state index < -0.39 is 0 Å². The largest absolute Gasteiger partial charge is 0.339 e. The maximum absolute atomic E-state index is 12.2. The second kappa shape index (κ2) is 5.19. The quantitative estimate of drug-likeness (QED) is 0.848. The molecule has 0 unspecified atom stereocenters. The lowest BCUT2D eigenvalue weighted by Gasteiger charge is -2.20. The van der Waals surface area contributed by atoms with Crippen LogP contribution in [0, 0.1) is 5.92 Å². The van der Waals surface area contributed by atoms with Crippen molar-refractivity contribution in [3.05, 3.63) is 21.9 Å². The Morgan fingerprint density at radius 1 is 1.47 bits per heavy atom. The van der Waals surface area contributed by atoms with Crippen molar-refractivity contribution in [2.45, 2.75) is 19.8 Å². The molecule has 0 spiro atoms. The van der Waals surface area contributed by atoms with Crippen molar-refractivity contribution < 1.29 is 4.79 Å². The Labute approximate surface area is 110 Å². The van der Waals surface area contributed by atoms with Gasteiger partial charge in [-0.3, -0.25) is 4.79 Å². The normalized spacial score (nSPS) is 14.8. The molecule has 0 N–H and O–H groups in total. The number of aromatic nitrogens is 2. The van der Waals surface area contributed by atoms with Gasteiger partial charge in [-0.2, -0.15) is 0 Å². The molecule has 1 aliphatic carbocycles. The Balaban J connectivity index is 2.18. The van der Waals surface area contributed by atoms with E-state index >= 15 is 0 Å². The van der Waals surface area contributed by atoms with Crippen molar-refractivity contribution in [2.75, 3.05) is 13.1 Å². The summed E-state index contributed by atoms with van der Waals surface area (Å²) < 4.78 is 0. The van der Waals surface area contributed by atoms with Crippen LogP contribution < -0.4 is 0 Å². The molecule has 1 amide bonds. The maximum atomic E-state index is 12.2. The van der Waals surface area contributed by atoms with Crippen LogP contribution in [-0.2, 0) is 0 Å². The number of rotatable bonds is 4. The van der Waals surface area contributed by atoms with Gasteiger partial charge in [0.05, 0.1) is 5.56 Å². The average Bonchev–Trinajstić information content (AvgIpc) is 3.12. The first-order valence-corrected chi connectivity index (χ1v) is 6.35. The van der Waals surface area contributed by atoms with Gasteiger partial charge in [-0.15, -0.1) is 10.2 Å². The van der Waals surface area contributed by atoms with Gasteiger partial charge in [0.25, 0.3) is 5.91 Å². The summed E-state index contributed by atoms with van der Waals surface area (Å²) in [6, 6.07) is 1.47. The Hall–Kier alpha value is -0.870. The smallest absolute Gasteiger partial charge is 0.257 e. The van der Waals surface area contributed by atoms with E-state index in [-0.39, 0.29) is 16.2 Å². The van der Waals surface area contributed by atoms with Gasteiger partial charge in [0.2, 0.25) is 0 Å². The number of carbonyl (C=O) groups excluding carboxylic acids is 1. The fraction of sp³-hybridized carbons (Fsp3) is 0.545. The highest BCUT2D eigenvalue weighted by atomic mass is 35.5. The first-order chi connectivity index (χ1) is 8.11. The van der Waals surface area contributed by atoms with Crippen LogP contribution in [-0.4, -0.2) is 34.1 Å². The highest BCUT2D eigenvalue weighted by Crippen LogP contribution is 2.30. The number of amides is 1. The van der Waals surface area contributed by atoms with E-state index in [1.165, 1.54) is 18.9 Å². The molecule has 92 valence electrons. The van der Waals surface area contributed by atoms with Gasteiger partial charge >= 0.3 is 0 Å². The average molecular weight is 274 g/mol. The molecule has 17 heavy (non-hydrogen) atoms. The zero-order valence-corrected chi connectivity index (χ0v) is 11.0.